The van der Waals surface area contributed by atoms with E-state index >= 15 is 0 Å². The maximum absolute atomic E-state index is 12.0. The molecule has 0 radical (unpaired) electrons. The van der Waals surface area contributed by atoms with Gasteiger partial charge < -0.3 is 20.1 Å². The van der Waals surface area contributed by atoms with Gasteiger partial charge in [0.2, 0.25) is 0 Å². The summed E-state index contributed by atoms with van der Waals surface area (Å²) in [4.78, 5) is 16.3. The number of aromatic nitrogens is 1. The molecule has 3 rings (SSSR count). The van der Waals surface area contributed by atoms with Crippen LogP contribution in [0.3, 0.4) is 0 Å². The lowest BCUT2D eigenvalue weighted by Gasteiger charge is -2.48. The molecule has 1 amide bonds. The number of ether oxygens (including phenoxy) is 2. The van der Waals surface area contributed by atoms with Gasteiger partial charge in [-0.3, -0.25) is 0 Å². The average Bonchev–Trinajstić information content (AvgIpc) is 3.04. The van der Waals surface area contributed by atoms with E-state index in [0.29, 0.717) is 12.5 Å². The summed E-state index contributed by atoms with van der Waals surface area (Å²) < 4.78 is 11.1. The molecule has 4 unspecified atom stereocenters. The largest absolute Gasteiger partial charge is 0.444 e. The SMILES string of the molecule is CC(C)(C)OC(=O)NC1C2CCOC2C1NCc1cscn1. The topological polar surface area (TPSA) is 72.5 Å². The fraction of sp³-hybridized carbons (Fsp3) is 0.733. The fourth-order valence-electron chi connectivity index (χ4n) is 3.14. The van der Waals surface area contributed by atoms with E-state index in [4.69, 9.17) is 9.47 Å². The first-order valence-electron chi connectivity index (χ1n) is 7.65. The van der Waals surface area contributed by atoms with Crippen molar-refractivity contribution in [3.8, 4) is 0 Å². The van der Waals surface area contributed by atoms with Crippen LogP contribution in [-0.4, -0.2) is 41.5 Å². The molecule has 6 nitrogen and oxygen atoms in total. The molecule has 2 N–H and O–H groups in total. The average molecular weight is 325 g/mol. The van der Waals surface area contributed by atoms with Crippen molar-refractivity contribution in [1.82, 2.24) is 15.6 Å². The molecule has 7 heteroatoms. The van der Waals surface area contributed by atoms with E-state index in [1.807, 2.05) is 31.7 Å². The summed E-state index contributed by atoms with van der Waals surface area (Å²) in [5.41, 5.74) is 2.36. The number of alkyl carbamates (subject to hydrolysis) is 1. The van der Waals surface area contributed by atoms with E-state index < -0.39 is 5.60 Å². The summed E-state index contributed by atoms with van der Waals surface area (Å²) in [6.45, 7) is 7.05. The summed E-state index contributed by atoms with van der Waals surface area (Å²) in [6, 6.07) is 0.169. The molecule has 0 bridgehead atoms. The van der Waals surface area contributed by atoms with E-state index in [-0.39, 0.29) is 24.3 Å². The molecular weight excluding hydrogens is 302 g/mol. The van der Waals surface area contributed by atoms with E-state index in [1.165, 1.54) is 0 Å². The number of rotatable bonds is 4. The Balaban J connectivity index is 1.57. The van der Waals surface area contributed by atoms with Crippen molar-refractivity contribution < 1.29 is 14.3 Å². The summed E-state index contributed by atoms with van der Waals surface area (Å²) >= 11 is 1.58. The van der Waals surface area contributed by atoms with Gasteiger partial charge in [0.1, 0.15) is 5.60 Å². The first-order valence-corrected chi connectivity index (χ1v) is 8.60. The number of hydrogen-bond donors (Lipinski definition) is 2. The normalized spacial score (nSPS) is 30.5. The molecule has 1 aliphatic carbocycles. The van der Waals surface area contributed by atoms with Crippen LogP contribution in [0.4, 0.5) is 4.79 Å². The standard InChI is InChI=1S/C15H23N3O3S/c1-15(2,3)21-14(19)18-11-10-4-5-20-13(10)12(11)16-6-9-7-22-8-17-9/h7-8,10-13,16H,4-6H2,1-3H3,(H,18,19). The van der Waals surface area contributed by atoms with Crippen LogP contribution in [0.2, 0.25) is 0 Å². The minimum atomic E-state index is -0.483. The molecule has 0 spiro atoms. The van der Waals surface area contributed by atoms with Crippen molar-refractivity contribution in [2.24, 2.45) is 5.92 Å². The van der Waals surface area contributed by atoms with Crippen LogP contribution in [-0.2, 0) is 16.0 Å². The van der Waals surface area contributed by atoms with Crippen molar-refractivity contribution in [3.63, 3.8) is 0 Å². The highest BCUT2D eigenvalue weighted by Crippen LogP contribution is 2.39. The summed E-state index contributed by atoms with van der Waals surface area (Å²) in [7, 11) is 0. The third-order valence-electron chi connectivity index (χ3n) is 4.07. The zero-order valence-corrected chi connectivity index (χ0v) is 14.0. The van der Waals surface area contributed by atoms with Crippen molar-refractivity contribution in [2.45, 2.75) is 57.5 Å². The van der Waals surface area contributed by atoms with Gasteiger partial charge in [-0.05, 0) is 27.2 Å². The molecular formula is C15H23N3O3S. The van der Waals surface area contributed by atoms with Gasteiger partial charge in [-0.2, -0.15) is 0 Å². The van der Waals surface area contributed by atoms with Crippen molar-refractivity contribution in [1.29, 1.82) is 0 Å². The molecule has 1 aromatic rings. The number of carbonyl (C=O) groups is 1. The van der Waals surface area contributed by atoms with Crippen molar-refractivity contribution >= 4 is 17.4 Å². The summed E-state index contributed by atoms with van der Waals surface area (Å²) in [5, 5.41) is 8.49. The lowest BCUT2D eigenvalue weighted by molar-refractivity contribution is -0.0345. The predicted molar refractivity (Wildman–Crippen MR) is 83.7 cm³/mol. The second-order valence-electron chi connectivity index (χ2n) is 6.85. The van der Waals surface area contributed by atoms with Crippen molar-refractivity contribution in [2.75, 3.05) is 6.61 Å². The Kier molecular flexibility index (Phi) is 4.38. The minimum Gasteiger partial charge on any atom is -0.444 e. The first-order chi connectivity index (χ1) is 10.4. The Hall–Kier alpha value is -1.18. The third kappa shape index (κ3) is 3.42. The van der Waals surface area contributed by atoms with E-state index in [0.717, 1.165) is 18.7 Å². The van der Waals surface area contributed by atoms with Gasteiger partial charge in [-0.15, -0.1) is 11.3 Å². The molecule has 1 aromatic heterocycles. The molecule has 4 atom stereocenters. The van der Waals surface area contributed by atoms with Crippen LogP contribution in [0.15, 0.2) is 10.9 Å². The van der Waals surface area contributed by atoms with E-state index in [9.17, 15) is 4.79 Å². The number of carbonyl (C=O) groups excluding carboxylic acids is 1. The second-order valence-corrected chi connectivity index (χ2v) is 7.57. The minimum absolute atomic E-state index is 0.0565. The van der Waals surface area contributed by atoms with Crippen LogP contribution in [0.5, 0.6) is 0 Å². The van der Waals surface area contributed by atoms with Crippen LogP contribution in [0.1, 0.15) is 32.9 Å². The lowest BCUT2D eigenvalue weighted by atomic mass is 9.71. The Morgan fingerprint density at radius 1 is 1.50 bits per heavy atom. The zero-order valence-electron chi connectivity index (χ0n) is 13.2. The number of amides is 1. The molecule has 1 aliphatic heterocycles. The van der Waals surface area contributed by atoms with Crippen LogP contribution in [0, 0.1) is 5.92 Å². The Morgan fingerprint density at radius 2 is 2.32 bits per heavy atom. The molecule has 22 heavy (non-hydrogen) atoms. The van der Waals surface area contributed by atoms with Crippen molar-refractivity contribution in [3.05, 3.63) is 16.6 Å². The van der Waals surface area contributed by atoms with Gasteiger partial charge in [0.25, 0.3) is 0 Å². The van der Waals surface area contributed by atoms with Gasteiger partial charge >= 0.3 is 6.09 Å². The number of hydrogen-bond acceptors (Lipinski definition) is 6. The highest BCUT2D eigenvalue weighted by molar-refractivity contribution is 7.07. The number of thiazole rings is 1. The summed E-state index contributed by atoms with van der Waals surface area (Å²) in [6.07, 6.45) is 0.807. The Labute approximate surface area is 134 Å². The van der Waals surface area contributed by atoms with Gasteiger partial charge in [0, 0.05) is 24.4 Å². The van der Waals surface area contributed by atoms with Gasteiger partial charge in [0.15, 0.2) is 0 Å². The third-order valence-corrected chi connectivity index (χ3v) is 4.71. The molecule has 2 fully saturated rings. The van der Waals surface area contributed by atoms with Gasteiger partial charge in [-0.1, -0.05) is 0 Å². The number of fused-ring (bicyclic) bond motifs is 1. The smallest absolute Gasteiger partial charge is 0.407 e. The van der Waals surface area contributed by atoms with E-state index in [1.54, 1.807) is 11.3 Å². The zero-order chi connectivity index (χ0) is 15.7. The second kappa shape index (κ2) is 6.14. The van der Waals surface area contributed by atoms with Crippen LogP contribution < -0.4 is 10.6 Å². The Bertz CT molecular complexity index is 515. The molecule has 0 aromatic carbocycles. The maximum Gasteiger partial charge on any atom is 0.407 e. The molecule has 122 valence electrons. The van der Waals surface area contributed by atoms with Crippen LogP contribution in [0.25, 0.3) is 0 Å². The maximum atomic E-state index is 12.0. The fourth-order valence-corrected chi connectivity index (χ4v) is 3.70. The molecule has 1 saturated carbocycles. The monoisotopic (exact) mass is 325 g/mol. The first kappa shape index (κ1) is 15.7. The quantitative estimate of drug-likeness (QED) is 0.885. The van der Waals surface area contributed by atoms with Gasteiger partial charge in [0.05, 0.1) is 29.4 Å². The number of nitrogens with one attached hydrogen (secondary N) is 2. The highest BCUT2D eigenvalue weighted by Gasteiger charge is 2.54. The number of nitrogens with zero attached hydrogens (tertiary/aromatic N) is 1. The van der Waals surface area contributed by atoms with Gasteiger partial charge in [-0.25, -0.2) is 9.78 Å². The molecule has 2 aliphatic rings. The highest BCUT2D eigenvalue weighted by atomic mass is 32.1. The lowest BCUT2D eigenvalue weighted by Crippen LogP contribution is -2.70. The predicted octanol–water partition coefficient (Wildman–Crippen LogP) is 1.91. The molecule has 1 saturated heterocycles. The van der Waals surface area contributed by atoms with E-state index in [2.05, 4.69) is 15.6 Å². The Morgan fingerprint density at radius 3 is 3.00 bits per heavy atom. The van der Waals surface area contributed by atoms with Crippen LogP contribution >= 0.6 is 11.3 Å². The summed E-state index contributed by atoms with van der Waals surface area (Å²) in [5.74, 6) is 0.375. The molecule has 2 heterocycles.